The standard InChI is InChI=1S/C17H24N4O3S/c1-13-14(2)24-16(21-13)12-20-17(18-3)19-10-7-11-25(22,23)15-8-5-4-6-9-15/h4-6,8-9H,7,10-12H2,1-3H3,(H2,18,19,20). The minimum absolute atomic E-state index is 0.0825. The molecule has 2 aromatic rings. The van der Waals surface area contributed by atoms with E-state index in [-0.39, 0.29) is 5.75 Å². The van der Waals surface area contributed by atoms with Gasteiger partial charge in [0.1, 0.15) is 5.76 Å². The van der Waals surface area contributed by atoms with E-state index >= 15 is 0 Å². The second-order valence-corrected chi connectivity index (χ2v) is 7.70. The maximum absolute atomic E-state index is 12.2. The molecule has 7 nitrogen and oxygen atoms in total. The number of benzene rings is 1. The maximum atomic E-state index is 12.2. The summed E-state index contributed by atoms with van der Waals surface area (Å²) in [7, 11) is -1.59. The molecule has 1 aromatic carbocycles. The molecule has 0 aliphatic heterocycles. The molecule has 0 aliphatic rings. The predicted octanol–water partition coefficient (Wildman–Crippen LogP) is 1.82. The van der Waals surface area contributed by atoms with Crippen molar-refractivity contribution >= 4 is 15.8 Å². The molecule has 2 N–H and O–H groups in total. The molecule has 2 rings (SSSR count). The average molecular weight is 364 g/mol. The predicted molar refractivity (Wildman–Crippen MR) is 97.3 cm³/mol. The molecule has 0 saturated carbocycles. The van der Waals surface area contributed by atoms with Gasteiger partial charge >= 0.3 is 0 Å². The van der Waals surface area contributed by atoms with E-state index in [9.17, 15) is 8.42 Å². The average Bonchev–Trinajstić information content (AvgIpc) is 2.93. The lowest BCUT2D eigenvalue weighted by atomic mass is 10.4. The molecule has 0 spiro atoms. The summed E-state index contributed by atoms with van der Waals surface area (Å²) in [6, 6.07) is 8.48. The van der Waals surface area contributed by atoms with E-state index in [1.54, 1.807) is 37.4 Å². The Morgan fingerprint density at radius 3 is 2.52 bits per heavy atom. The van der Waals surface area contributed by atoms with Crippen molar-refractivity contribution in [3.63, 3.8) is 0 Å². The maximum Gasteiger partial charge on any atom is 0.214 e. The summed E-state index contributed by atoms with van der Waals surface area (Å²) in [5.74, 6) is 2.04. The van der Waals surface area contributed by atoms with Crippen LogP contribution in [0.25, 0.3) is 0 Å². The van der Waals surface area contributed by atoms with Crippen molar-refractivity contribution < 1.29 is 12.8 Å². The number of hydrogen-bond acceptors (Lipinski definition) is 5. The first-order chi connectivity index (χ1) is 11.9. The van der Waals surface area contributed by atoms with Gasteiger partial charge in [-0.3, -0.25) is 4.99 Å². The number of hydrogen-bond donors (Lipinski definition) is 2. The van der Waals surface area contributed by atoms with Crippen LogP contribution in [-0.4, -0.2) is 38.7 Å². The van der Waals surface area contributed by atoms with E-state index < -0.39 is 9.84 Å². The third-order valence-electron chi connectivity index (χ3n) is 3.69. The molecule has 136 valence electrons. The normalized spacial score (nSPS) is 12.2. The van der Waals surface area contributed by atoms with Crippen molar-refractivity contribution in [1.29, 1.82) is 0 Å². The van der Waals surface area contributed by atoms with Crippen molar-refractivity contribution in [2.75, 3.05) is 19.3 Å². The zero-order valence-corrected chi connectivity index (χ0v) is 15.6. The Morgan fingerprint density at radius 2 is 1.92 bits per heavy atom. The Hall–Kier alpha value is -2.35. The van der Waals surface area contributed by atoms with Gasteiger partial charge in [0.25, 0.3) is 0 Å². The molecule has 25 heavy (non-hydrogen) atoms. The number of rotatable bonds is 7. The minimum Gasteiger partial charge on any atom is -0.444 e. The highest BCUT2D eigenvalue weighted by molar-refractivity contribution is 7.91. The lowest BCUT2D eigenvalue weighted by Crippen LogP contribution is -2.37. The third-order valence-corrected chi connectivity index (χ3v) is 5.50. The van der Waals surface area contributed by atoms with Crippen LogP contribution < -0.4 is 10.6 Å². The van der Waals surface area contributed by atoms with Gasteiger partial charge in [0.05, 0.1) is 22.9 Å². The van der Waals surface area contributed by atoms with E-state index in [1.807, 2.05) is 13.8 Å². The fourth-order valence-electron chi connectivity index (χ4n) is 2.21. The van der Waals surface area contributed by atoms with Gasteiger partial charge in [-0.2, -0.15) is 0 Å². The van der Waals surface area contributed by atoms with E-state index in [2.05, 4.69) is 20.6 Å². The Labute approximate surface area is 148 Å². The SMILES string of the molecule is CN=C(NCCCS(=O)(=O)c1ccccc1)NCc1nc(C)c(C)o1. The Balaban J connectivity index is 1.76. The number of nitrogens with zero attached hydrogens (tertiary/aromatic N) is 2. The van der Waals surface area contributed by atoms with Crippen LogP contribution in [0.1, 0.15) is 23.8 Å². The lowest BCUT2D eigenvalue weighted by molar-refractivity contribution is 0.463. The van der Waals surface area contributed by atoms with Crippen LogP contribution in [-0.2, 0) is 16.4 Å². The fraction of sp³-hybridized carbons (Fsp3) is 0.412. The summed E-state index contributed by atoms with van der Waals surface area (Å²) in [5.41, 5.74) is 0.867. The third kappa shape index (κ3) is 5.60. The second kappa shape index (κ2) is 8.66. The molecule has 0 amide bonds. The van der Waals surface area contributed by atoms with Crippen molar-refractivity contribution in [1.82, 2.24) is 15.6 Å². The summed E-state index contributed by atoms with van der Waals surface area (Å²) < 4.78 is 29.9. The highest BCUT2D eigenvalue weighted by Gasteiger charge is 2.13. The highest BCUT2D eigenvalue weighted by Crippen LogP contribution is 2.10. The van der Waals surface area contributed by atoms with Gasteiger partial charge in [0, 0.05) is 13.6 Å². The van der Waals surface area contributed by atoms with Gasteiger partial charge in [-0.25, -0.2) is 13.4 Å². The van der Waals surface area contributed by atoms with E-state index in [1.165, 1.54) is 0 Å². The zero-order chi connectivity index (χ0) is 18.3. The lowest BCUT2D eigenvalue weighted by Gasteiger charge is -2.10. The summed E-state index contributed by atoms with van der Waals surface area (Å²) in [6.07, 6.45) is 0.481. The van der Waals surface area contributed by atoms with Crippen LogP contribution in [0, 0.1) is 13.8 Å². The van der Waals surface area contributed by atoms with E-state index in [0.29, 0.717) is 36.3 Å². The number of guanidine groups is 1. The van der Waals surface area contributed by atoms with E-state index in [4.69, 9.17) is 4.42 Å². The van der Waals surface area contributed by atoms with Crippen molar-refractivity contribution in [3.05, 3.63) is 47.7 Å². The number of sulfone groups is 1. The fourth-order valence-corrected chi connectivity index (χ4v) is 3.54. The molecule has 0 bridgehead atoms. The minimum atomic E-state index is -3.25. The first-order valence-electron chi connectivity index (χ1n) is 8.07. The van der Waals surface area contributed by atoms with Crippen LogP contribution >= 0.6 is 0 Å². The molecule has 1 heterocycles. The first kappa shape index (κ1) is 19.0. The van der Waals surface area contributed by atoms with Gasteiger partial charge in [0.15, 0.2) is 15.8 Å². The van der Waals surface area contributed by atoms with Crippen molar-refractivity contribution in [3.8, 4) is 0 Å². The smallest absolute Gasteiger partial charge is 0.214 e. The quantitative estimate of drug-likeness (QED) is 0.442. The number of aryl methyl sites for hydroxylation is 2. The monoisotopic (exact) mass is 364 g/mol. The van der Waals surface area contributed by atoms with Crippen molar-refractivity contribution in [2.24, 2.45) is 4.99 Å². The topological polar surface area (TPSA) is 96.6 Å². The molecule has 0 radical (unpaired) electrons. The van der Waals surface area contributed by atoms with Gasteiger partial charge in [0.2, 0.25) is 5.89 Å². The Kier molecular flexibility index (Phi) is 6.58. The number of aromatic nitrogens is 1. The molecule has 8 heteroatoms. The van der Waals surface area contributed by atoms with E-state index in [0.717, 1.165) is 11.5 Å². The van der Waals surface area contributed by atoms with Crippen LogP contribution in [0.4, 0.5) is 0 Å². The number of oxazole rings is 1. The molecule has 1 aromatic heterocycles. The summed E-state index contributed by atoms with van der Waals surface area (Å²) in [6.45, 7) is 4.67. The summed E-state index contributed by atoms with van der Waals surface area (Å²) in [5, 5.41) is 6.18. The molecular weight excluding hydrogens is 340 g/mol. The van der Waals surface area contributed by atoms with Crippen LogP contribution in [0.15, 0.2) is 44.6 Å². The van der Waals surface area contributed by atoms with Crippen LogP contribution in [0.3, 0.4) is 0 Å². The summed E-state index contributed by atoms with van der Waals surface area (Å²) >= 11 is 0. The number of nitrogens with one attached hydrogen (secondary N) is 2. The Morgan fingerprint density at radius 1 is 1.20 bits per heavy atom. The van der Waals surface area contributed by atoms with Gasteiger partial charge in [-0.05, 0) is 32.4 Å². The zero-order valence-electron chi connectivity index (χ0n) is 14.7. The largest absolute Gasteiger partial charge is 0.444 e. The molecular formula is C17H24N4O3S. The van der Waals surface area contributed by atoms with Gasteiger partial charge in [-0.1, -0.05) is 18.2 Å². The molecule has 0 saturated heterocycles. The first-order valence-corrected chi connectivity index (χ1v) is 9.73. The number of aliphatic imine (C=N–C) groups is 1. The molecule has 0 atom stereocenters. The molecule has 0 fully saturated rings. The molecule has 0 aliphatic carbocycles. The van der Waals surface area contributed by atoms with Gasteiger partial charge in [-0.15, -0.1) is 0 Å². The highest BCUT2D eigenvalue weighted by atomic mass is 32.2. The van der Waals surface area contributed by atoms with Crippen LogP contribution in [0.2, 0.25) is 0 Å². The molecule has 0 unspecified atom stereocenters. The second-order valence-electron chi connectivity index (χ2n) is 5.59. The van der Waals surface area contributed by atoms with Crippen LogP contribution in [0.5, 0.6) is 0 Å². The van der Waals surface area contributed by atoms with Gasteiger partial charge < -0.3 is 15.1 Å². The summed E-state index contributed by atoms with van der Waals surface area (Å²) in [4.78, 5) is 8.74. The Bertz CT molecular complexity index is 794. The van der Waals surface area contributed by atoms with Crippen molar-refractivity contribution in [2.45, 2.75) is 31.7 Å².